The van der Waals surface area contributed by atoms with Gasteiger partial charge in [-0.3, -0.25) is 4.79 Å². The minimum absolute atomic E-state index is 0.241. The Morgan fingerprint density at radius 2 is 1.83 bits per heavy atom. The van der Waals surface area contributed by atoms with Crippen LogP contribution in [0.3, 0.4) is 0 Å². The van der Waals surface area contributed by atoms with Crippen molar-refractivity contribution >= 4 is 5.91 Å². The standard InChI is InChI=1S/C23H35N3O4/c1-3-5-7-13-29-21-10-9-19(20(16-27)22(21)30-14-8-6-4-2)23(28)25-12-11-18-15-24-17-26-18/h9-10,15,17,27H,3-8,11-14,16H2,1-2H3,(H,24,26)(H,25,28). The molecule has 7 nitrogen and oxygen atoms in total. The first-order valence-corrected chi connectivity index (χ1v) is 11.0. The average molecular weight is 418 g/mol. The average Bonchev–Trinajstić information content (AvgIpc) is 3.27. The lowest BCUT2D eigenvalue weighted by Gasteiger charge is -2.18. The Balaban J connectivity index is 2.11. The summed E-state index contributed by atoms with van der Waals surface area (Å²) in [6.45, 7) is 5.56. The van der Waals surface area contributed by atoms with Crippen molar-refractivity contribution in [2.45, 2.75) is 65.4 Å². The van der Waals surface area contributed by atoms with Crippen molar-refractivity contribution < 1.29 is 19.4 Å². The van der Waals surface area contributed by atoms with Crippen molar-refractivity contribution in [3.05, 3.63) is 41.5 Å². The summed E-state index contributed by atoms with van der Waals surface area (Å²) in [5.41, 5.74) is 1.83. The predicted molar refractivity (Wildman–Crippen MR) is 117 cm³/mol. The fourth-order valence-electron chi connectivity index (χ4n) is 3.14. The summed E-state index contributed by atoms with van der Waals surface area (Å²) in [6, 6.07) is 3.47. The number of rotatable bonds is 15. The number of aromatic amines is 1. The van der Waals surface area contributed by atoms with Crippen LogP contribution in [0.1, 0.15) is 74.0 Å². The van der Waals surface area contributed by atoms with Gasteiger partial charge >= 0.3 is 0 Å². The van der Waals surface area contributed by atoms with E-state index in [1.54, 1.807) is 24.7 Å². The van der Waals surface area contributed by atoms with E-state index in [9.17, 15) is 9.90 Å². The van der Waals surface area contributed by atoms with Gasteiger partial charge in [-0.15, -0.1) is 0 Å². The van der Waals surface area contributed by atoms with E-state index >= 15 is 0 Å². The van der Waals surface area contributed by atoms with Gasteiger partial charge in [0.25, 0.3) is 5.91 Å². The number of unbranched alkanes of at least 4 members (excludes halogenated alkanes) is 4. The topological polar surface area (TPSA) is 96.5 Å². The molecule has 0 saturated carbocycles. The van der Waals surface area contributed by atoms with Gasteiger partial charge in [0.2, 0.25) is 0 Å². The number of H-pyrrole nitrogens is 1. The molecule has 2 aromatic rings. The molecule has 0 atom stereocenters. The smallest absolute Gasteiger partial charge is 0.251 e. The van der Waals surface area contributed by atoms with Gasteiger partial charge in [-0.25, -0.2) is 4.98 Å². The molecule has 30 heavy (non-hydrogen) atoms. The number of ether oxygens (including phenoxy) is 2. The van der Waals surface area contributed by atoms with E-state index in [2.05, 4.69) is 29.1 Å². The molecule has 0 unspecified atom stereocenters. The molecule has 0 radical (unpaired) electrons. The second-order valence-corrected chi connectivity index (χ2v) is 7.27. The number of aromatic nitrogens is 2. The molecule has 0 aliphatic carbocycles. The highest BCUT2D eigenvalue weighted by Crippen LogP contribution is 2.34. The van der Waals surface area contributed by atoms with Gasteiger partial charge in [-0.2, -0.15) is 0 Å². The number of hydrogen-bond acceptors (Lipinski definition) is 5. The van der Waals surface area contributed by atoms with Crippen LogP contribution in [0.25, 0.3) is 0 Å². The molecule has 3 N–H and O–H groups in total. The number of benzene rings is 1. The molecule has 0 saturated heterocycles. The van der Waals surface area contributed by atoms with E-state index in [1.165, 1.54) is 0 Å². The molecule has 1 amide bonds. The van der Waals surface area contributed by atoms with Crippen molar-refractivity contribution in [3.63, 3.8) is 0 Å². The second-order valence-electron chi connectivity index (χ2n) is 7.27. The molecule has 1 heterocycles. The molecule has 0 aliphatic heterocycles. The molecular formula is C23H35N3O4. The summed E-state index contributed by atoms with van der Waals surface area (Å²) in [5.74, 6) is 0.821. The number of amides is 1. The Labute approximate surface area is 179 Å². The third kappa shape index (κ3) is 7.37. The summed E-state index contributed by atoms with van der Waals surface area (Å²) in [4.78, 5) is 19.7. The van der Waals surface area contributed by atoms with Crippen molar-refractivity contribution in [1.82, 2.24) is 15.3 Å². The van der Waals surface area contributed by atoms with Crippen LogP contribution >= 0.6 is 0 Å². The Kier molecular flexibility index (Phi) is 10.8. The molecule has 166 valence electrons. The van der Waals surface area contributed by atoms with Crippen molar-refractivity contribution in [2.24, 2.45) is 0 Å². The highest BCUT2D eigenvalue weighted by Gasteiger charge is 2.20. The number of aliphatic hydroxyl groups is 1. The number of nitrogens with zero attached hydrogens (tertiary/aromatic N) is 1. The summed E-state index contributed by atoms with van der Waals surface area (Å²) in [5, 5.41) is 12.9. The molecule has 0 fully saturated rings. The number of hydrogen-bond donors (Lipinski definition) is 3. The SMILES string of the molecule is CCCCCOc1ccc(C(=O)NCCc2cnc[nH]2)c(CO)c1OCCCCC. The van der Waals surface area contributed by atoms with Gasteiger partial charge in [0, 0.05) is 36.0 Å². The maximum atomic E-state index is 12.7. The molecule has 2 rings (SSSR count). The summed E-state index contributed by atoms with van der Waals surface area (Å²) < 4.78 is 11.9. The quantitative estimate of drug-likeness (QED) is 0.381. The van der Waals surface area contributed by atoms with Crippen LogP contribution in [0.4, 0.5) is 0 Å². The number of carbonyl (C=O) groups is 1. The highest BCUT2D eigenvalue weighted by molar-refractivity contribution is 5.96. The lowest BCUT2D eigenvalue weighted by molar-refractivity contribution is 0.0950. The third-order valence-electron chi connectivity index (χ3n) is 4.86. The maximum Gasteiger partial charge on any atom is 0.251 e. The fourth-order valence-corrected chi connectivity index (χ4v) is 3.14. The first kappa shape index (κ1) is 23.7. The van der Waals surface area contributed by atoms with Gasteiger partial charge in [-0.05, 0) is 25.0 Å². The Hall–Kier alpha value is -2.54. The minimum Gasteiger partial charge on any atom is -0.490 e. The third-order valence-corrected chi connectivity index (χ3v) is 4.86. The van der Waals surface area contributed by atoms with E-state index in [-0.39, 0.29) is 12.5 Å². The van der Waals surface area contributed by atoms with Crippen LogP contribution in [0.15, 0.2) is 24.7 Å². The van der Waals surface area contributed by atoms with Crippen LogP contribution in [-0.4, -0.2) is 40.7 Å². The van der Waals surface area contributed by atoms with E-state index in [4.69, 9.17) is 9.47 Å². The van der Waals surface area contributed by atoms with Crippen molar-refractivity contribution in [1.29, 1.82) is 0 Å². The number of nitrogens with one attached hydrogen (secondary N) is 2. The van der Waals surface area contributed by atoms with Gasteiger partial charge in [-0.1, -0.05) is 39.5 Å². The van der Waals surface area contributed by atoms with Crippen LogP contribution in [0.2, 0.25) is 0 Å². The van der Waals surface area contributed by atoms with Crippen LogP contribution in [0, 0.1) is 0 Å². The zero-order valence-electron chi connectivity index (χ0n) is 18.2. The summed E-state index contributed by atoms with van der Waals surface area (Å²) in [7, 11) is 0. The van der Waals surface area contributed by atoms with Gasteiger partial charge in [0.05, 0.1) is 26.1 Å². The first-order chi connectivity index (χ1) is 14.7. The van der Waals surface area contributed by atoms with Gasteiger partial charge in [0.15, 0.2) is 11.5 Å². The van der Waals surface area contributed by atoms with Crippen LogP contribution in [0.5, 0.6) is 11.5 Å². The van der Waals surface area contributed by atoms with Crippen LogP contribution < -0.4 is 14.8 Å². The molecule has 0 bridgehead atoms. The van der Waals surface area contributed by atoms with Gasteiger partial charge < -0.3 is 24.9 Å². The molecular weight excluding hydrogens is 382 g/mol. The number of carbonyl (C=O) groups excluding carboxylic acids is 1. The van der Waals surface area contributed by atoms with Crippen molar-refractivity contribution in [2.75, 3.05) is 19.8 Å². The zero-order chi connectivity index (χ0) is 21.6. The summed E-state index contributed by atoms with van der Waals surface area (Å²) in [6.07, 6.45) is 10.2. The second kappa shape index (κ2) is 13.6. The minimum atomic E-state index is -0.293. The Bertz CT molecular complexity index is 747. The van der Waals surface area contributed by atoms with Crippen molar-refractivity contribution in [3.8, 4) is 11.5 Å². The van der Waals surface area contributed by atoms with Crippen LogP contribution in [-0.2, 0) is 13.0 Å². The van der Waals surface area contributed by atoms with E-state index in [0.29, 0.717) is 48.8 Å². The van der Waals surface area contributed by atoms with E-state index < -0.39 is 0 Å². The molecule has 7 heteroatoms. The fraction of sp³-hybridized carbons (Fsp3) is 0.565. The van der Waals surface area contributed by atoms with E-state index in [1.807, 2.05) is 0 Å². The number of imidazole rings is 1. The van der Waals surface area contributed by atoms with E-state index in [0.717, 1.165) is 44.2 Å². The molecule has 0 spiro atoms. The van der Waals surface area contributed by atoms with Gasteiger partial charge in [0.1, 0.15) is 0 Å². The largest absolute Gasteiger partial charge is 0.490 e. The highest BCUT2D eigenvalue weighted by atomic mass is 16.5. The molecule has 1 aromatic heterocycles. The molecule has 0 aliphatic rings. The lowest BCUT2D eigenvalue weighted by Crippen LogP contribution is -2.27. The Morgan fingerprint density at radius 3 is 2.47 bits per heavy atom. The lowest BCUT2D eigenvalue weighted by atomic mass is 10.0. The summed E-state index contributed by atoms with van der Waals surface area (Å²) >= 11 is 0. The normalized spacial score (nSPS) is 10.8. The maximum absolute atomic E-state index is 12.7. The molecule has 1 aromatic carbocycles. The number of aliphatic hydroxyl groups excluding tert-OH is 1. The zero-order valence-corrected chi connectivity index (χ0v) is 18.2. The Morgan fingerprint density at radius 1 is 1.10 bits per heavy atom. The predicted octanol–water partition coefficient (Wildman–Crippen LogP) is 4.01. The monoisotopic (exact) mass is 417 g/mol. The first-order valence-electron chi connectivity index (χ1n) is 11.0.